The number of nitriles is 2. The van der Waals surface area contributed by atoms with Crippen LogP contribution in [0.15, 0.2) is 291 Å². The Kier molecular flexibility index (Phi) is 19.5. The average molecular weight is 1370 g/mol. The van der Waals surface area contributed by atoms with Gasteiger partial charge >= 0.3 is 12.8 Å². The van der Waals surface area contributed by atoms with Crippen LogP contribution in [0.25, 0.3) is 66.2 Å². The number of hydrogen-bond acceptors (Lipinski definition) is 4. The molecule has 2 aliphatic heterocycles. The molecule has 14 aromatic rings. The Morgan fingerprint density at radius 3 is 0.991 bits per heavy atom. The van der Waals surface area contributed by atoms with Crippen molar-refractivity contribution in [1.82, 2.24) is 8.96 Å². The highest BCUT2D eigenvalue weighted by Gasteiger charge is 2.55. The van der Waals surface area contributed by atoms with E-state index in [1.54, 1.807) is 0 Å². The summed E-state index contributed by atoms with van der Waals surface area (Å²) in [7, 11) is 0. The Balaban J connectivity index is 1.09. The molecule has 0 saturated heterocycles. The predicted molar refractivity (Wildman–Crippen MR) is 435 cm³/mol. The first-order chi connectivity index (χ1) is 52.5. The molecule has 4 aromatic heterocycles. The standard InChI is InChI=1S/C96H82B2N6O2/c1-3-5-7-9-11-31-65-105-83-57-51-75(52-58-83)93-91-92(96-86(70-100)90-64-56-77-67-73(47-45-71-33-19-13-20-34-71)49-61-87(77)101(90)97(103(93)96,79-37-23-15-24-38-79)80-39-25-16-26-40-80)94(76-53-59-84(60-54-76)106-66-32-12-10-8-6-4-2)104-95(91)85(69-99)89-63-55-78-68-74(48-46-72-35-21-14-22-36-72)50-62-88(78)102(89)98(104,81-41-27-17-28-42-81)82-43-29-18-30-44-82/h13-30,33-44,49-64,67-68H,3-12,31-32,65-66H2,1-2H3. The number of hydrogen-bond donors (Lipinski definition) is 0. The van der Waals surface area contributed by atoms with E-state index >= 15 is 0 Å². The molecule has 0 amide bonds. The van der Waals surface area contributed by atoms with E-state index in [4.69, 9.17) is 9.47 Å². The zero-order chi connectivity index (χ0) is 71.8. The SMILES string of the molecule is CCCCCCCCOc1ccc(-c2c3c4n(c(-c5ccc(OCCCCCCCC)cc5)c3c3n2[B-](c2ccccc2)(c2ccccc2)[n+]2c(ccc5cc(C#Cc6ccccc6)ccc52)C=3C#N)[B-](c2ccccc2)(c2ccccc2)[n+]2c(ccc3cc(C#Cc5ccccc5)ccc32)C=4C#N)cc1. The highest BCUT2D eigenvalue weighted by Crippen LogP contribution is 2.41. The highest BCUT2D eigenvalue weighted by molar-refractivity contribution is 6.96. The summed E-state index contributed by atoms with van der Waals surface area (Å²) in [4.78, 5) is 0. The van der Waals surface area contributed by atoms with E-state index in [2.05, 4.69) is 298 Å². The van der Waals surface area contributed by atoms with Crippen LogP contribution in [0.4, 0.5) is 0 Å². The molecule has 0 saturated carbocycles. The van der Waals surface area contributed by atoms with E-state index in [-0.39, 0.29) is 0 Å². The lowest BCUT2D eigenvalue weighted by Gasteiger charge is -2.45. The minimum Gasteiger partial charge on any atom is -0.494 e. The van der Waals surface area contributed by atoms with Crippen molar-refractivity contribution in [1.29, 1.82) is 10.5 Å². The first-order valence-corrected chi connectivity index (χ1v) is 38.0. The van der Waals surface area contributed by atoms with Crippen LogP contribution in [-0.4, -0.2) is 35.0 Å². The minimum atomic E-state index is -2.52. The maximum absolute atomic E-state index is 12.9. The van der Waals surface area contributed by atoms with E-state index in [1.165, 1.54) is 51.4 Å². The summed E-state index contributed by atoms with van der Waals surface area (Å²) in [6.45, 7) is 5.71. The van der Waals surface area contributed by atoms with Crippen molar-refractivity contribution in [3.8, 4) is 69.8 Å². The summed E-state index contributed by atoms with van der Waals surface area (Å²) in [5, 5.41) is 30.9. The van der Waals surface area contributed by atoms with Crippen LogP contribution in [0.5, 0.6) is 11.5 Å². The van der Waals surface area contributed by atoms with Crippen LogP contribution < -0.4 is 51.0 Å². The van der Waals surface area contributed by atoms with Gasteiger partial charge in [0.2, 0.25) is 0 Å². The minimum absolute atomic E-state index is 0.480. The lowest BCUT2D eigenvalue weighted by atomic mass is 9.35. The van der Waals surface area contributed by atoms with E-state index in [0.717, 1.165) is 158 Å². The van der Waals surface area contributed by atoms with Gasteiger partial charge in [-0.1, -0.05) is 259 Å². The molecule has 10 heteroatoms. The molecule has 0 radical (unpaired) electrons. The van der Waals surface area contributed by atoms with E-state index in [9.17, 15) is 10.5 Å². The molecule has 2 aliphatic rings. The van der Waals surface area contributed by atoms with Crippen LogP contribution in [0.3, 0.4) is 0 Å². The van der Waals surface area contributed by atoms with E-state index in [1.807, 2.05) is 60.7 Å². The van der Waals surface area contributed by atoms with E-state index < -0.39 is 12.8 Å². The van der Waals surface area contributed by atoms with Crippen molar-refractivity contribution in [3.63, 3.8) is 0 Å². The van der Waals surface area contributed by atoms with Gasteiger partial charge in [-0.2, -0.15) is 10.5 Å². The Labute approximate surface area is 622 Å². The van der Waals surface area contributed by atoms with Crippen molar-refractivity contribution < 1.29 is 18.4 Å². The Morgan fingerprint density at radius 1 is 0.330 bits per heavy atom. The van der Waals surface area contributed by atoms with Gasteiger partial charge in [0, 0.05) is 90.2 Å². The zero-order valence-corrected chi connectivity index (χ0v) is 60.3. The molecule has 0 N–H and O–H groups in total. The number of rotatable bonds is 22. The third kappa shape index (κ3) is 12.2. The molecular weight excluding hydrogens is 1290 g/mol. The van der Waals surface area contributed by atoms with Gasteiger partial charge in [-0.15, -0.1) is 21.9 Å². The topological polar surface area (TPSA) is 83.7 Å². The Morgan fingerprint density at radius 2 is 0.651 bits per heavy atom. The normalized spacial score (nSPS) is 12.9. The van der Waals surface area contributed by atoms with Gasteiger partial charge in [0.1, 0.15) is 34.8 Å². The van der Waals surface area contributed by atoms with Gasteiger partial charge in [0.25, 0.3) is 0 Å². The van der Waals surface area contributed by atoms with Crippen LogP contribution >= 0.6 is 0 Å². The maximum atomic E-state index is 12.9. The molecule has 0 fully saturated rings. The van der Waals surface area contributed by atoms with Crippen molar-refractivity contribution in [2.24, 2.45) is 0 Å². The van der Waals surface area contributed by atoms with Gasteiger partial charge in [-0.3, -0.25) is 0 Å². The van der Waals surface area contributed by atoms with Crippen molar-refractivity contribution in [2.45, 2.75) is 90.9 Å². The summed E-state index contributed by atoms with van der Waals surface area (Å²) in [6, 6.07) is 109. The maximum Gasteiger partial charge on any atom is 0.435 e. The smallest absolute Gasteiger partial charge is 0.435 e. The third-order valence-corrected chi connectivity index (χ3v) is 21.9. The Hall–Kier alpha value is -12.6. The molecule has 0 spiro atoms. The van der Waals surface area contributed by atoms with Crippen LogP contribution in [0.1, 0.15) is 125 Å². The Bertz CT molecular complexity index is 5500. The summed E-state index contributed by atoms with van der Waals surface area (Å²) in [5.41, 5.74) is 15.4. The molecule has 106 heavy (non-hydrogen) atoms. The molecule has 10 aromatic carbocycles. The average Bonchev–Trinajstić information content (AvgIpc) is 1.46. The molecule has 6 heterocycles. The first kappa shape index (κ1) is 67.9. The number of pyridine rings is 2. The van der Waals surface area contributed by atoms with Gasteiger partial charge in [0.15, 0.2) is 22.4 Å². The van der Waals surface area contributed by atoms with E-state index in [0.29, 0.717) is 24.4 Å². The number of nitrogens with zero attached hydrogens (tertiary/aromatic N) is 6. The molecular formula is C96H82B2N6O2. The van der Waals surface area contributed by atoms with Gasteiger partial charge < -0.3 is 27.4 Å². The van der Waals surface area contributed by atoms with Crippen molar-refractivity contribution >= 4 is 78.4 Å². The summed E-state index contributed by atoms with van der Waals surface area (Å²) in [6.07, 6.45) is 8.79. The van der Waals surface area contributed by atoms with Gasteiger partial charge in [0.05, 0.1) is 13.2 Å². The largest absolute Gasteiger partial charge is 0.494 e. The second-order valence-electron chi connectivity index (χ2n) is 28.3. The van der Waals surface area contributed by atoms with Crippen LogP contribution in [0, 0.1) is 46.3 Å². The fraction of sp³-hybridized carbons (Fsp3) is 0.167. The number of ether oxygens (including phenoxy) is 2. The predicted octanol–water partition coefficient (Wildman–Crippen LogP) is 16.3. The second-order valence-corrected chi connectivity index (χ2v) is 28.3. The van der Waals surface area contributed by atoms with Crippen LogP contribution in [-0.2, 0) is 0 Å². The van der Waals surface area contributed by atoms with Crippen LogP contribution in [0.2, 0.25) is 0 Å². The lowest BCUT2D eigenvalue weighted by Crippen LogP contribution is -2.87. The highest BCUT2D eigenvalue weighted by atomic mass is 16.5. The fourth-order valence-electron chi connectivity index (χ4n) is 17.2. The molecule has 0 atom stereocenters. The molecule has 0 unspecified atom stereocenters. The monoisotopic (exact) mass is 1370 g/mol. The molecule has 514 valence electrons. The zero-order valence-electron chi connectivity index (χ0n) is 60.3. The first-order valence-electron chi connectivity index (χ1n) is 38.0. The summed E-state index contributed by atoms with van der Waals surface area (Å²) >= 11 is 0. The van der Waals surface area contributed by atoms with Crippen molar-refractivity contribution in [2.75, 3.05) is 13.2 Å². The van der Waals surface area contributed by atoms with Crippen molar-refractivity contribution in [3.05, 3.63) is 336 Å². The summed E-state index contributed by atoms with van der Waals surface area (Å²) < 4.78 is 23.4. The third-order valence-electron chi connectivity index (χ3n) is 21.9. The second kappa shape index (κ2) is 30.4. The molecule has 16 rings (SSSR count). The lowest BCUT2D eigenvalue weighted by molar-refractivity contribution is -0.519. The van der Waals surface area contributed by atoms with Gasteiger partial charge in [-0.05, 0) is 133 Å². The quantitative estimate of drug-likeness (QED) is 0.0384. The molecule has 0 bridgehead atoms. The number of aromatic nitrogens is 4. The summed E-state index contributed by atoms with van der Waals surface area (Å²) in [5.74, 6) is 15.4. The number of benzene rings is 10. The van der Waals surface area contributed by atoms with Gasteiger partial charge in [-0.25, -0.2) is 0 Å². The fourth-order valence-corrected chi connectivity index (χ4v) is 17.2. The number of unbranched alkanes of at least 4 members (excludes halogenated alkanes) is 10. The molecule has 0 aliphatic carbocycles. The number of fused-ring (bicyclic) bond motifs is 11. The molecule has 8 nitrogen and oxygen atoms in total.